The molecule has 0 bridgehead atoms. The second-order valence-electron chi connectivity index (χ2n) is 3.72. The minimum absolute atomic E-state index is 0.386. The Labute approximate surface area is 110 Å². The van der Waals surface area contributed by atoms with Crippen LogP contribution in [0.1, 0.15) is 6.92 Å². The highest BCUT2D eigenvalue weighted by Gasteiger charge is 2.15. The third-order valence-electron chi connectivity index (χ3n) is 2.37. The first-order valence-corrected chi connectivity index (χ1v) is 5.50. The molecule has 2 amide bonds. The smallest absolute Gasteiger partial charge is 0.325 e. The minimum Gasteiger partial charge on any atom is -0.497 e. The van der Waals surface area contributed by atoms with Crippen molar-refractivity contribution in [3.63, 3.8) is 0 Å². The summed E-state index contributed by atoms with van der Waals surface area (Å²) in [4.78, 5) is 22.2. The van der Waals surface area contributed by atoms with Gasteiger partial charge in [0.15, 0.2) is 0 Å². The monoisotopic (exact) mass is 268 g/mol. The molecule has 0 saturated heterocycles. The average molecular weight is 268 g/mol. The van der Waals surface area contributed by atoms with Crippen LogP contribution in [0.15, 0.2) is 18.2 Å². The number of anilines is 1. The van der Waals surface area contributed by atoms with Crippen LogP contribution in [0, 0.1) is 0 Å². The van der Waals surface area contributed by atoms with Gasteiger partial charge in [-0.05, 0) is 19.1 Å². The quantitative estimate of drug-likeness (QED) is 0.747. The van der Waals surface area contributed by atoms with Gasteiger partial charge in [-0.2, -0.15) is 0 Å². The Morgan fingerprint density at radius 3 is 2.47 bits per heavy atom. The number of benzene rings is 1. The molecule has 1 aromatic carbocycles. The first-order chi connectivity index (χ1) is 8.97. The molecule has 0 spiro atoms. The van der Waals surface area contributed by atoms with E-state index >= 15 is 0 Å². The van der Waals surface area contributed by atoms with Crippen molar-refractivity contribution in [2.75, 3.05) is 19.5 Å². The summed E-state index contributed by atoms with van der Waals surface area (Å²) in [6.07, 6.45) is 0. The number of carboxylic acids is 1. The third-order valence-corrected chi connectivity index (χ3v) is 2.37. The predicted molar refractivity (Wildman–Crippen MR) is 68.8 cm³/mol. The molecule has 0 unspecified atom stereocenters. The van der Waals surface area contributed by atoms with Crippen molar-refractivity contribution < 1.29 is 24.2 Å². The van der Waals surface area contributed by atoms with Gasteiger partial charge in [-0.25, -0.2) is 4.79 Å². The van der Waals surface area contributed by atoms with E-state index in [0.717, 1.165) is 0 Å². The van der Waals surface area contributed by atoms with E-state index in [-0.39, 0.29) is 0 Å². The molecule has 1 atom stereocenters. The van der Waals surface area contributed by atoms with E-state index in [4.69, 9.17) is 14.6 Å². The van der Waals surface area contributed by atoms with Crippen LogP contribution in [0.25, 0.3) is 0 Å². The largest absolute Gasteiger partial charge is 0.497 e. The fourth-order valence-electron chi connectivity index (χ4n) is 1.33. The third kappa shape index (κ3) is 4.06. The van der Waals surface area contributed by atoms with Crippen LogP contribution >= 0.6 is 0 Å². The van der Waals surface area contributed by atoms with Gasteiger partial charge in [-0.3, -0.25) is 4.79 Å². The highest BCUT2D eigenvalue weighted by Crippen LogP contribution is 2.28. The Balaban J connectivity index is 2.80. The number of aliphatic carboxylic acids is 1. The van der Waals surface area contributed by atoms with Gasteiger partial charge in [-0.15, -0.1) is 0 Å². The van der Waals surface area contributed by atoms with E-state index in [2.05, 4.69) is 10.6 Å². The van der Waals surface area contributed by atoms with Crippen LogP contribution in [0.3, 0.4) is 0 Å². The second-order valence-corrected chi connectivity index (χ2v) is 3.72. The predicted octanol–water partition coefficient (Wildman–Crippen LogP) is 1.30. The number of carbonyl (C=O) groups excluding carboxylic acids is 1. The Kier molecular flexibility index (Phi) is 4.99. The van der Waals surface area contributed by atoms with Crippen LogP contribution in [0.5, 0.6) is 11.5 Å². The lowest BCUT2D eigenvalue weighted by molar-refractivity contribution is -0.138. The zero-order valence-corrected chi connectivity index (χ0v) is 10.9. The molecule has 19 heavy (non-hydrogen) atoms. The molecule has 0 aliphatic rings. The summed E-state index contributed by atoms with van der Waals surface area (Å²) >= 11 is 0. The number of rotatable bonds is 5. The van der Waals surface area contributed by atoms with Gasteiger partial charge in [0.05, 0.1) is 19.9 Å². The number of ether oxygens (including phenoxy) is 2. The number of hydrogen-bond acceptors (Lipinski definition) is 4. The maximum absolute atomic E-state index is 11.6. The summed E-state index contributed by atoms with van der Waals surface area (Å²) in [7, 11) is 2.96. The topological polar surface area (TPSA) is 96.9 Å². The fourth-order valence-corrected chi connectivity index (χ4v) is 1.33. The van der Waals surface area contributed by atoms with Crippen molar-refractivity contribution in [1.29, 1.82) is 0 Å². The summed E-state index contributed by atoms with van der Waals surface area (Å²) in [6, 6.07) is 3.26. The van der Waals surface area contributed by atoms with Crippen molar-refractivity contribution >= 4 is 17.7 Å². The minimum atomic E-state index is -1.12. The first kappa shape index (κ1) is 14.6. The first-order valence-electron chi connectivity index (χ1n) is 5.50. The van der Waals surface area contributed by atoms with Gasteiger partial charge in [0.2, 0.25) is 0 Å². The summed E-state index contributed by atoms with van der Waals surface area (Å²) < 4.78 is 10.1. The number of urea groups is 1. The van der Waals surface area contributed by atoms with Gasteiger partial charge < -0.3 is 25.2 Å². The van der Waals surface area contributed by atoms with Crippen molar-refractivity contribution in [2.24, 2.45) is 0 Å². The summed E-state index contributed by atoms with van der Waals surface area (Å²) in [5.41, 5.74) is 0.386. The molecule has 0 aromatic heterocycles. The Hall–Kier alpha value is -2.44. The van der Waals surface area contributed by atoms with Crippen LogP contribution in [-0.4, -0.2) is 37.4 Å². The second kappa shape index (κ2) is 6.48. The summed E-state index contributed by atoms with van der Waals surface area (Å²) in [6.45, 7) is 1.37. The molecule has 0 saturated carbocycles. The van der Waals surface area contributed by atoms with Crippen molar-refractivity contribution in [3.8, 4) is 11.5 Å². The van der Waals surface area contributed by atoms with E-state index in [1.54, 1.807) is 18.2 Å². The molecule has 1 aromatic rings. The van der Waals surface area contributed by atoms with E-state index in [1.807, 2.05) is 0 Å². The van der Waals surface area contributed by atoms with Gasteiger partial charge in [0.1, 0.15) is 17.5 Å². The molecule has 7 heteroatoms. The molecule has 0 fully saturated rings. The standard InChI is InChI=1S/C12H16N2O5/c1-7(11(15)16)13-12(17)14-9-6-8(18-2)4-5-10(9)19-3/h4-7H,1-3H3,(H,15,16)(H2,13,14,17)/t7-/m1/s1. The van der Waals surface area contributed by atoms with Crippen LogP contribution in [0.4, 0.5) is 10.5 Å². The van der Waals surface area contributed by atoms with Crippen molar-refractivity contribution in [1.82, 2.24) is 5.32 Å². The van der Waals surface area contributed by atoms with Crippen molar-refractivity contribution in [2.45, 2.75) is 13.0 Å². The number of hydrogen-bond donors (Lipinski definition) is 3. The van der Waals surface area contributed by atoms with Crippen LogP contribution in [-0.2, 0) is 4.79 Å². The summed E-state index contributed by atoms with van der Waals surface area (Å²) in [5.74, 6) is -0.130. The van der Waals surface area contributed by atoms with E-state index in [1.165, 1.54) is 21.1 Å². The van der Waals surface area contributed by atoms with Crippen molar-refractivity contribution in [3.05, 3.63) is 18.2 Å². The lowest BCUT2D eigenvalue weighted by Crippen LogP contribution is -2.40. The van der Waals surface area contributed by atoms with E-state index < -0.39 is 18.0 Å². The molecular formula is C12H16N2O5. The molecular weight excluding hydrogens is 252 g/mol. The summed E-state index contributed by atoms with van der Waals surface area (Å²) in [5, 5.41) is 13.5. The van der Waals surface area contributed by atoms with Gasteiger partial charge >= 0.3 is 12.0 Å². The molecule has 0 heterocycles. The maximum atomic E-state index is 11.6. The molecule has 0 radical (unpaired) electrons. The Morgan fingerprint density at radius 1 is 1.26 bits per heavy atom. The molecule has 104 valence electrons. The SMILES string of the molecule is COc1ccc(OC)c(NC(=O)N[C@H](C)C(=O)O)c1. The van der Waals surface area contributed by atoms with Gasteiger partial charge in [0.25, 0.3) is 0 Å². The lowest BCUT2D eigenvalue weighted by atomic mass is 10.2. The number of methoxy groups -OCH3 is 2. The number of carbonyl (C=O) groups is 2. The van der Waals surface area contributed by atoms with Crippen LogP contribution in [0.2, 0.25) is 0 Å². The normalized spacial score (nSPS) is 11.3. The highest BCUT2D eigenvalue weighted by atomic mass is 16.5. The maximum Gasteiger partial charge on any atom is 0.325 e. The Morgan fingerprint density at radius 2 is 1.95 bits per heavy atom. The molecule has 0 aliphatic carbocycles. The van der Waals surface area contributed by atoms with E-state index in [0.29, 0.717) is 17.2 Å². The van der Waals surface area contributed by atoms with Gasteiger partial charge in [0, 0.05) is 6.07 Å². The molecule has 7 nitrogen and oxygen atoms in total. The number of carboxylic acid groups (broad SMARTS) is 1. The highest BCUT2D eigenvalue weighted by molar-refractivity contribution is 5.93. The van der Waals surface area contributed by atoms with E-state index in [9.17, 15) is 9.59 Å². The molecule has 0 aliphatic heterocycles. The fraction of sp³-hybridized carbons (Fsp3) is 0.333. The number of nitrogens with one attached hydrogen (secondary N) is 2. The molecule has 1 rings (SSSR count). The lowest BCUT2D eigenvalue weighted by Gasteiger charge is -2.14. The van der Waals surface area contributed by atoms with Gasteiger partial charge in [-0.1, -0.05) is 0 Å². The Bertz CT molecular complexity index is 475. The van der Waals surface area contributed by atoms with Crippen LogP contribution < -0.4 is 20.1 Å². The zero-order chi connectivity index (χ0) is 14.4. The average Bonchev–Trinajstić information content (AvgIpc) is 2.38. The molecule has 3 N–H and O–H groups in total. The zero-order valence-electron chi connectivity index (χ0n) is 10.9. The number of amides is 2.